The van der Waals surface area contributed by atoms with Crippen LogP contribution in [0.15, 0.2) is 54.6 Å². The highest BCUT2D eigenvalue weighted by atomic mass is 19.1. The zero-order chi connectivity index (χ0) is 19.4. The molecule has 0 atom stereocenters. The van der Waals surface area contributed by atoms with Crippen molar-refractivity contribution in [1.82, 2.24) is 0 Å². The number of hydrogen-bond acceptors (Lipinski definition) is 4. The topological polar surface area (TPSA) is 71.6 Å². The maximum Gasteiger partial charge on any atom is 0.168 e. The summed E-state index contributed by atoms with van der Waals surface area (Å²) in [6, 6.07) is 18.8. The molecule has 6 heteroatoms. The molecule has 0 heterocycles. The van der Waals surface area contributed by atoms with Crippen LogP contribution in [0, 0.1) is 41.2 Å². The van der Waals surface area contributed by atoms with Crippen LogP contribution in [-0.4, -0.2) is 0 Å². The number of nitriles is 2. The van der Waals surface area contributed by atoms with E-state index in [9.17, 15) is 19.3 Å². The van der Waals surface area contributed by atoms with Gasteiger partial charge in [-0.25, -0.2) is 8.78 Å². The maximum atomic E-state index is 15.0. The molecule has 0 aliphatic heterocycles. The van der Waals surface area contributed by atoms with Crippen LogP contribution in [-0.2, 0) is 0 Å². The second kappa shape index (κ2) is 7.55. The molecule has 3 aromatic rings. The molecule has 0 radical (unpaired) electrons. The summed E-state index contributed by atoms with van der Waals surface area (Å²) in [5.74, 6) is -1.98. The molecule has 0 aliphatic carbocycles. The predicted molar refractivity (Wildman–Crippen MR) is 100.0 cm³/mol. The second-order valence-corrected chi connectivity index (χ2v) is 5.83. The fourth-order valence-corrected chi connectivity index (χ4v) is 2.58. The van der Waals surface area contributed by atoms with Crippen molar-refractivity contribution in [2.45, 2.75) is 6.92 Å². The minimum Gasteiger partial charge on any atom is -0.351 e. The van der Waals surface area contributed by atoms with Crippen LogP contribution in [0.3, 0.4) is 0 Å². The van der Waals surface area contributed by atoms with Gasteiger partial charge in [-0.2, -0.15) is 10.5 Å². The summed E-state index contributed by atoms with van der Waals surface area (Å²) in [5.41, 5.74) is 0.282. The summed E-state index contributed by atoms with van der Waals surface area (Å²) in [4.78, 5) is 0. The van der Waals surface area contributed by atoms with Crippen LogP contribution in [0.25, 0.3) is 0 Å². The van der Waals surface area contributed by atoms with Gasteiger partial charge in [0.25, 0.3) is 0 Å². The van der Waals surface area contributed by atoms with E-state index in [0.29, 0.717) is 11.4 Å². The summed E-state index contributed by atoms with van der Waals surface area (Å²) in [5, 5.41) is 24.0. The molecule has 0 amide bonds. The molecule has 0 aromatic heterocycles. The van der Waals surface area contributed by atoms with E-state index in [1.54, 1.807) is 54.6 Å². The van der Waals surface area contributed by atoms with Crippen molar-refractivity contribution < 1.29 is 8.78 Å². The first-order chi connectivity index (χ1) is 13.0. The van der Waals surface area contributed by atoms with Crippen molar-refractivity contribution in [3.63, 3.8) is 0 Å². The van der Waals surface area contributed by atoms with E-state index in [1.165, 1.54) is 0 Å². The Bertz CT molecular complexity index is 1060. The van der Waals surface area contributed by atoms with Gasteiger partial charge >= 0.3 is 0 Å². The smallest absolute Gasteiger partial charge is 0.168 e. The van der Waals surface area contributed by atoms with E-state index in [4.69, 9.17) is 0 Å². The fraction of sp³-hybridized carbons (Fsp3) is 0.0476. The van der Waals surface area contributed by atoms with Crippen molar-refractivity contribution in [3.05, 3.63) is 82.9 Å². The highest BCUT2D eigenvalue weighted by Gasteiger charge is 2.25. The lowest BCUT2D eigenvalue weighted by atomic mass is 10.0. The van der Waals surface area contributed by atoms with Crippen LogP contribution < -0.4 is 10.6 Å². The highest BCUT2D eigenvalue weighted by Crippen LogP contribution is 2.37. The molecular weight excluding hydrogens is 346 g/mol. The first-order valence-electron chi connectivity index (χ1n) is 8.06. The molecule has 0 saturated heterocycles. The molecule has 0 unspecified atom stereocenters. The number of halogens is 2. The standard InChI is InChI=1S/C21H14F2N4/c1-13-7-9-15(10-8-13)27-21-19(23)17(12-25)16(11-24)18(22)20(21)26-14-5-3-2-4-6-14/h2-10,26-27H,1H3. The Balaban J connectivity index is 2.19. The summed E-state index contributed by atoms with van der Waals surface area (Å²) < 4.78 is 30.0. The van der Waals surface area contributed by atoms with E-state index in [1.807, 2.05) is 19.1 Å². The SMILES string of the molecule is Cc1ccc(Nc2c(F)c(C#N)c(C#N)c(F)c2Nc2ccccc2)cc1. The number of para-hydroxylation sites is 1. The van der Waals surface area contributed by atoms with Gasteiger partial charge in [0.2, 0.25) is 0 Å². The third kappa shape index (κ3) is 3.56. The molecule has 0 saturated carbocycles. The third-order valence-corrected chi connectivity index (χ3v) is 3.97. The number of anilines is 4. The number of aryl methyl sites for hydroxylation is 1. The largest absolute Gasteiger partial charge is 0.351 e. The van der Waals surface area contributed by atoms with Crippen LogP contribution in [0.1, 0.15) is 16.7 Å². The Morgan fingerprint density at radius 3 is 1.59 bits per heavy atom. The number of rotatable bonds is 4. The van der Waals surface area contributed by atoms with Crippen molar-refractivity contribution in [2.24, 2.45) is 0 Å². The van der Waals surface area contributed by atoms with Gasteiger partial charge in [-0.3, -0.25) is 0 Å². The number of nitrogens with zero attached hydrogens (tertiary/aromatic N) is 2. The van der Waals surface area contributed by atoms with Crippen molar-refractivity contribution in [3.8, 4) is 12.1 Å². The lowest BCUT2D eigenvalue weighted by molar-refractivity contribution is 0.600. The van der Waals surface area contributed by atoms with Gasteiger partial charge in [0.05, 0.1) is 0 Å². The molecule has 4 nitrogen and oxygen atoms in total. The minimum atomic E-state index is -0.992. The molecule has 0 fully saturated rings. The van der Waals surface area contributed by atoms with Gasteiger partial charge in [-0.1, -0.05) is 35.9 Å². The van der Waals surface area contributed by atoms with Crippen molar-refractivity contribution >= 4 is 22.7 Å². The van der Waals surface area contributed by atoms with Gasteiger partial charge in [0, 0.05) is 11.4 Å². The van der Waals surface area contributed by atoms with E-state index >= 15 is 0 Å². The normalized spacial score (nSPS) is 9.96. The molecule has 2 N–H and O–H groups in total. The van der Waals surface area contributed by atoms with Crippen molar-refractivity contribution in [1.29, 1.82) is 10.5 Å². The third-order valence-electron chi connectivity index (χ3n) is 3.97. The maximum absolute atomic E-state index is 15.0. The van der Waals surface area contributed by atoms with Crippen LogP contribution in [0.4, 0.5) is 31.5 Å². The minimum absolute atomic E-state index is 0.240. The Hall–Kier alpha value is -3.90. The molecule has 3 aromatic carbocycles. The Morgan fingerprint density at radius 2 is 1.15 bits per heavy atom. The Kier molecular flexibility index (Phi) is 5.01. The summed E-state index contributed by atoms with van der Waals surface area (Å²) in [6.45, 7) is 1.90. The molecule has 132 valence electrons. The molecule has 0 bridgehead atoms. The molecule has 27 heavy (non-hydrogen) atoms. The molecule has 3 rings (SSSR count). The number of nitrogens with one attached hydrogen (secondary N) is 2. The monoisotopic (exact) mass is 360 g/mol. The Morgan fingerprint density at radius 1 is 0.704 bits per heavy atom. The Labute approximate surface area is 155 Å². The first-order valence-corrected chi connectivity index (χ1v) is 8.06. The number of hydrogen-bond donors (Lipinski definition) is 2. The average Bonchev–Trinajstić information content (AvgIpc) is 2.69. The molecule has 0 spiro atoms. The van der Waals surface area contributed by atoms with Gasteiger partial charge < -0.3 is 10.6 Å². The van der Waals surface area contributed by atoms with Crippen molar-refractivity contribution in [2.75, 3.05) is 10.6 Å². The lowest BCUT2D eigenvalue weighted by Crippen LogP contribution is -2.08. The van der Waals surface area contributed by atoms with Crippen LogP contribution >= 0.6 is 0 Å². The number of benzene rings is 3. The quantitative estimate of drug-likeness (QED) is 0.644. The van der Waals surface area contributed by atoms with Crippen LogP contribution in [0.5, 0.6) is 0 Å². The fourth-order valence-electron chi connectivity index (χ4n) is 2.58. The lowest BCUT2D eigenvalue weighted by Gasteiger charge is -2.18. The average molecular weight is 360 g/mol. The van der Waals surface area contributed by atoms with E-state index in [2.05, 4.69) is 10.6 Å². The predicted octanol–water partition coefficient (Wildman–Crippen LogP) is 5.50. The summed E-state index contributed by atoms with van der Waals surface area (Å²) in [6.07, 6.45) is 0. The summed E-state index contributed by atoms with van der Waals surface area (Å²) in [7, 11) is 0. The van der Waals surface area contributed by atoms with E-state index in [0.717, 1.165) is 5.56 Å². The molecular formula is C21H14F2N4. The van der Waals surface area contributed by atoms with E-state index < -0.39 is 22.8 Å². The zero-order valence-electron chi connectivity index (χ0n) is 14.3. The summed E-state index contributed by atoms with van der Waals surface area (Å²) >= 11 is 0. The highest BCUT2D eigenvalue weighted by molar-refractivity contribution is 5.82. The second-order valence-electron chi connectivity index (χ2n) is 5.83. The first kappa shape index (κ1) is 17.9. The van der Waals surface area contributed by atoms with E-state index in [-0.39, 0.29) is 11.4 Å². The van der Waals surface area contributed by atoms with Gasteiger partial charge in [0.1, 0.15) is 34.6 Å². The zero-order valence-corrected chi connectivity index (χ0v) is 14.3. The van der Waals surface area contributed by atoms with Crippen LogP contribution in [0.2, 0.25) is 0 Å². The van der Waals surface area contributed by atoms with Gasteiger partial charge in [-0.05, 0) is 31.2 Å². The van der Waals surface area contributed by atoms with Gasteiger partial charge in [0.15, 0.2) is 11.6 Å². The molecule has 0 aliphatic rings. The van der Waals surface area contributed by atoms with Gasteiger partial charge in [-0.15, -0.1) is 0 Å².